The fraction of sp³-hybridized carbons (Fsp3) is 0.588. The Labute approximate surface area is 122 Å². The molecule has 1 fully saturated rings. The van der Waals surface area contributed by atoms with E-state index in [1.54, 1.807) is 0 Å². The molecule has 1 heterocycles. The van der Waals surface area contributed by atoms with Gasteiger partial charge in [0.05, 0.1) is 0 Å². The third-order valence-electron chi connectivity index (χ3n) is 4.31. The van der Waals surface area contributed by atoms with Crippen molar-refractivity contribution in [1.82, 2.24) is 9.80 Å². The summed E-state index contributed by atoms with van der Waals surface area (Å²) < 4.78 is 0. The minimum atomic E-state index is 0.276. The molecule has 0 N–H and O–H groups in total. The summed E-state index contributed by atoms with van der Waals surface area (Å²) in [5.74, 6) is 0.710. The van der Waals surface area contributed by atoms with Crippen molar-refractivity contribution in [3.63, 3.8) is 0 Å². The smallest absolute Gasteiger partial charge is 0.222 e. The quantitative estimate of drug-likeness (QED) is 0.824. The molecule has 1 amide bonds. The van der Waals surface area contributed by atoms with E-state index in [9.17, 15) is 4.79 Å². The molecular formula is C17H26N2O. The molecule has 2 rings (SSSR count). The van der Waals surface area contributed by atoms with Crippen LogP contribution in [0.25, 0.3) is 0 Å². The van der Waals surface area contributed by atoms with Crippen LogP contribution in [0, 0.1) is 0 Å². The standard InChI is InChI=1S/C17H26N2O/c1-4-11-18(3)16-13-19(17(20)5-2)12-15(16)14-9-7-6-8-10-14/h6-10,15-16H,4-5,11-13H2,1-3H3. The molecule has 1 saturated heterocycles. The van der Waals surface area contributed by atoms with Crippen molar-refractivity contribution >= 4 is 5.91 Å². The van der Waals surface area contributed by atoms with Gasteiger partial charge in [0.2, 0.25) is 5.91 Å². The van der Waals surface area contributed by atoms with Crippen LogP contribution in [-0.2, 0) is 4.79 Å². The van der Waals surface area contributed by atoms with Gasteiger partial charge < -0.3 is 9.80 Å². The molecule has 3 heteroatoms. The largest absolute Gasteiger partial charge is 0.340 e. The van der Waals surface area contributed by atoms with Gasteiger partial charge in [0, 0.05) is 31.5 Å². The Kier molecular flexibility index (Phi) is 5.18. The van der Waals surface area contributed by atoms with E-state index in [0.29, 0.717) is 18.4 Å². The second kappa shape index (κ2) is 6.89. The molecule has 0 radical (unpaired) electrons. The number of amides is 1. The maximum atomic E-state index is 12.0. The van der Waals surface area contributed by atoms with Crippen LogP contribution in [0.3, 0.4) is 0 Å². The Bertz CT molecular complexity index is 432. The van der Waals surface area contributed by atoms with E-state index < -0.39 is 0 Å². The Balaban J connectivity index is 2.19. The van der Waals surface area contributed by atoms with Gasteiger partial charge in [-0.05, 0) is 25.6 Å². The zero-order chi connectivity index (χ0) is 14.5. The maximum Gasteiger partial charge on any atom is 0.222 e. The fourth-order valence-corrected chi connectivity index (χ4v) is 3.21. The fourth-order valence-electron chi connectivity index (χ4n) is 3.21. The molecule has 0 bridgehead atoms. The van der Waals surface area contributed by atoms with Gasteiger partial charge in [0.15, 0.2) is 0 Å². The van der Waals surface area contributed by atoms with E-state index in [2.05, 4.69) is 49.2 Å². The van der Waals surface area contributed by atoms with Gasteiger partial charge in [0.25, 0.3) is 0 Å². The summed E-state index contributed by atoms with van der Waals surface area (Å²) in [6.07, 6.45) is 1.75. The normalized spacial score (nSPS) is 22.5. The second-order valence-corrected chi connectivity index (χ2v) is 5.72. The monoisotopic (exact) mass is 274 g/mol. The lowest BCUT2D eigenvalue weighted by Gasteiger charge is -2.28. The number of nitrogens with zero attached hydrogens (tertiary/aromatic N) is 2. The van der Waals surface area contributed by atoms with Crippen LogP contribution in [0.1, 0.15) is 38.2 Å². The van der Waals surface area contributed by atoms with E-state index in [-0.39, 0.29) is 5.91 Å². The number of hydrogen-bond acceptors (Lipinski definition) is 2. The summed E-state index contributed by atoms with van der Waals surface area (Å²) in [5.41, 5.74) is 1.35. The van der Waals surface area contributed by atoms with Gasteiger partial charge in [0.1, 0.15) is 0 Å². The lowest BCUT2D eigenvalue weighted by Crippen LogP contribution is -2.38. The predicted octanol–water partition coefficient (Wildman–Crippen LogP) is 2.73. The Hall–Kier alpha value is -1.35. The first-order valence-corrected chi connectivity index (χ1v) is 7.70. The summed E-state index contributed by atoms with van der Waals surface area (Å²) in [7, 11) is 2.18. The summed E-state index contributed by atoms with van der Waals surface area (Å²) in [4.78, 5) is 16.5. The van der Waals surface area contributed by atoms with Gasteiger partial charge in [-0.15, -0.1) is 0 Å². The van der Waals surface area contributed by atoms with Crippen molar-refractivity contribution in [2.24, 2.45) is 0 Å². The molecule has 0 spiro atoms. The molecule has 2 atom stereocenters. The first kappa shape index (κ1) is 15.0. The van der Waals surface area contributed by atoms with Crippen LogP contribution >= 0.6 is 0 Å². The maximum absolute atomic E-state index is 12.0. The highest BCUT2D eigenvalue weighted by atomic mass is 16.2. The highest BCUT2D eigenvalue weighted by Crippen LogP contribution is 2.31. The van der Waals surface area contributed by atoms with Crippen molar-refractivity contribution in [3.05, 3.63) is 35.9 Å². The lowest BCUT2D eigenvalue weighted by molar-refractivity contribution is -0.130. The van der Waals surface area contributed by atoms with Gasteiger partial charge in [-0.2, -0.15) is 0 Å². The minimum absolute atomic E-state index is 0.276. The summed E-state index contributed by atoms with van der Waals surface area (Å²) >= 11 is 0. The number of likely N-dealkylation sites (tertiary alicyclic amines) is 1. The van der Waals surface area contributed by atoms with E-state index in [1.165, 1.54) is 5.56 Å². The lowest BCUT2D eigenvalue weighted by atomic mass is 9.93. The molecule has 0 aromatic heterocycles. The van der Waals surface area contributed by atoms with Crippen molar-refractivity contribution in [3.8, 4) is 0 Å². The van der Waals surface area contributed by atoms with Crippen LogP contribution < -0.4 is 0 Å². The van der Waals surface area contributed by atoms with Crippen LogP contribution in [-0.4, -0.2) is 48.4 Å². The SMILES string of the molecule is CCCN(C)C1CN(C(=O)CC)CC1c1ccccc1. The zero-order valence-electron chi connectivity index (χ0n) is 12.9. The number of hydrogen-bond donors (Lipinski definition) is 0. The molecule has 1 aliphatic rings. The number of carbonyl (C=O) groups is 1. The number of benzene rings is 1. The van der Waals surface area contributed by atoms with Crippen LogP contribution in [0.2, 0.25) is 0 Å². The van der Waals surface area contributed by atoms with Crippen molar-refractivity contribution in [2.45, 2.75) is 38.6 Å². The zero-order valence-corrected chi connectivity index (χ0v) is 12.9. The Morgan fingerprint density at radius 2 is 1.95 bits per heavy atom. The minimum Gasteiger partial charge on any atom is -0.340 e. The molecule has 1 aliphatic heterocycles. The van der Waals surface area contributed by atoms with E-state index >= 15 is 0 Å². The highest BCUT2D eigenvalue weighted by molar-refractivity contribution is 5.76. The topological polar surface area (TPSA) is 23.6 Å². The number of rotatable bonds is 5. The second-order valence-electron chi connectivity index (χ2n) is 5.72. The number of carbonyl (C=O) groups excluding carboxylic acids is 1. The third-order valence-corrected chi connectivity index (χ3v) is 4.31. The molecule has 0 aliphatic carbocycles. The highest BCUT2D eigenvalue weighted by Gasteiger charge is 2.37. The van der Waals surface area contributed by atoms with Crippen molar-refractivity contribution in [1.29, 1.82) is 0 Å². The Morgan fingerprint density at radius 1 is 1.25 bits per heavy atom. The molecule has 3 nitrogen and oxygen atoms in total. The van der Waals surface area contributed by atoms with Crippen LogP contribution in [0.15, 0.2) is 30.3 Å². The average molecular weight is 274 g/mol. The summed E-state index contributed by atoms with van der Waals surface area (Å²) in [6.45, 7) is 6.96. The molecule has 1 aromatic rings. The first-order valence-electron chi connectivity index (χ1n) is 7.70. The molecule has 1 aromatic carbocycles. The summed E-state index contributed by atoms with van der Waals surface area (Å²) in [6, 6.07) is 11.1. The van der Waals surface area contributed by atoms with Crippen molar-refractivity contribution in [2.75, 3.05) is 26.7 Å². The molecular weight excluding hydrogens is 248 g/mol. The summed E-state index contributed by atoms with van der Waals surface area (Å²) in [5, 5.41) is 0. The average Bonchev–Trinajstić information content (AvgIpc) is 2.93. The predicted molar refractivity (Wildman–Crippen MR) is 82.8 cm³/mol. The number of likely N-dealkylation sites (N-methyl/N-ethyl adjacent to an activating group) is 1. The first-order chi connectivity index (χ1) is 9.67. The van der Waals surface area contributed by atoms with Crippen LogP contribution in [0.5, 0.6) is 0 Å². The van der Waals surface area contributed by atoms with Crippen LogP contribution in [0.4, 0.5) is 0 Å². The van der Waals surface area contributed by atoms with E-state index in [4.69, 9.17) is 0 Å². The molecule has 2 unspecified atom stereocenters. The van der Waals surface area contributed by atoms with Gasteiger partial charge in [-0.1, -0.05) is 44.2 Å². The van der Waals surface area contributed by atoms with Gasteiger partial charge >= 0.3 is 0 Å². The van der Waals surface area contributed by atoms with Gasteiger partial charge in [-0.25, -0.2) is 0 Å². The molecule has 20 heavy (non-hydrogen) atoms. The Morgan fingerprint density at radius 3 is 2.55 bits per heavy atom. The molecule has 0 saturated carbocycles. The van der Waals surface area contributed by atoms with Crippen molar-refractivity contribution < 1.29 is 4.79 Å². The molecule has 110 valence electrons. The third kappa shape index (κ3) is 3.21. The van der Waals surface area contributed by atoms with E-state index in [1.807, 2.05) is 11.8 Å². The van der Waals surface area contributed by atoms with E-state index in [0.717, 1.165) is 26.1 Å². The van der Waals surface area contributed by atoms with Gasteiger partial charge in [-0.3, -0.25) is 4.79 Å².